The fourth-order valence-corrected chi connectivity index (χ4v) is 2.63. The summed E-state index contributed by atoms with van der Waals surface area (Å²) in [7, 11) is 0. The van der Waals surface area contributed by atoms with Crippen molar-refractivity contribution in [3.8, 4) is 0 Å². The SMILES string of the molecule is C=C(C)CC(NN)C(c1ccccc1)c1ccccc1. The molecule has 0 aromatic heterocycles. The average molecular weight is 266 g/mol. The molecular formula is C18H22N2. The summed E-state index contributed by atoms with van der Waals surface area (Å²) in [6.45, 7) is 6.06. The predicted octanol–water partition coefficient (Wildman–Crippen LogP) is 3.62. The lowest BCUT2D eigenvalue weighted by molar-refractivity contribution is 0.474. The summed E-state index contributed by atoms with van der Waals surface area (Å²) in [6, 6.07) is 21.1. The summed E-state index contributed by atoms with van der Waals surface area (Å²) in [5.74, 6) is 6.03. The molecule has 0 saturated heterocycles. The Morgan fingerprint density at radius 3 is 1.80 bits per heavy atom. The summed E-state index contributed by atoms with van der Waals surface area (Å²) >= 11 is 0. The maximum Gasteiger partial charge on any atom is 0.0356 e. The fourth-order valence-electron chi connectivity index (χ4n) is 2.63. The molecule has 0 radical (unpaired) electrons. The zero-order valence-electron chi connectivity index (χ0n) is 11.9. The van der Waals surface area contributed by atoms with Crippen molar-refractivity contribution in [2.45, 2.75) is 25.3 Å². The van der Waals surface area contributed by atoms with E-state index in [9.17, 15) is 0 Å². The number of hydrogen-bond acceptors (Lipinski definition) is 2. The molecule has 0 aliphatic rings. The summed E-state index contributed by atoms with van der Waals surface area (Å²) < 4.78 is 0. The van der Waals surface area contributed by atoms with Crippen molar-refractivity contribution in [3.63, 3.8) is 0 Å². The molecule has 1 atom stereocenters. The molecule has 1 unspecified atom stereocenters. The van der Waals surface area contributed by atoms with Crippen molar-refractivity contribution in [3.05, 3.63) is 83.9 Å². The predicted molar refractivity (Wildman–Crippen MR) is 85.3 cm³/mol. The van der Waals surface area contributed by atoms with E-state index in [1.54, 1.807) is 0 Å². The Morgan fingerprint density at radius 2 is 1.45 bits per heavy atom. The molecule has 0 aliphatic heterocycles. The first-order valence-corrected chi connectivity index (χ1v) is 6.92. The van der Waals surface area contributed by atoms with Gasteiger partial charge in [-0.2, -0.15) is 0 Å². The Balaban J connectivity index is 2.41. The van der Waals surface area contributed by atoms with Gasteiger partial charge in [-0.15, -0.1) is 6.58 Å². The van der Waals surface area contributed by atoms with Crippen LogP contribution in [0.1, 0.15) is 30.4 Å². The van der Waals surface area contributed by atoms with Crippen LogP contribution in [0.2, 0.25) is 0 Å². The monoisotopic (exact) mass is 266 g/mol. The highest BCUT2D eigenvalue weighted by Crippen LogP contribution is 2.30. The van der Waals surface area contributed by atoms with Gasteiger partial charge in [-0.3, -0.25) is 11.3 Å². The molecule has 20 heavy (non-hydrogen) atoms. The maximum absolute atomic E-state index is 5.81. The lowest BCUT2D eigenvalue weighted by Crippen LogP contribution is -2.40. The van der Waals surface area contributed by atoms with E-state index < -0.39 is 0 Å². The summed E-state index contributed by atoms with van der Waals surface area (Å²) in [6.07, 6.45) is 0.852. The molecule has 3 N–H and O–H groups in total. The first-order valence-electron chi connectivity index (χ1n) is 6.92. The summed E-state index contributed by atoms with van der Waals surface area (Å²) in [5.41, 5.74) is 6.63. The van der Waals surface area contributed by atoms with Gasteiger partial charge in [-0.1, -0.05) is 66.2 Å². The average Bonchev–Trinajstić information content (AvgIpc) is 2.48. The molecule has 104 valence electrons. The first-order chi connectivity index (χ1) is 9.72. The normalized spacial score (nSPS) is 12.3. The second-order valence-electron chi connectivity index (χ2n) is 5.23. The Labute approximate surface area is 121 Å². The van der Waals surface area contributed by atoms with Crippen LogP contribution in [0.25, 0.3) is 0 Å². The quantitative estimate of drug-likeness (QED) is 0.476. The maximum atomic E-state index is 5.81. The smallest absolute Gasteiger partial charge is 0.0356 e. The van der Waals surface area contributed by atoms with Crippen LogP contribution in [-0.2, 0) is 0 Å². The van der Waals surface area contributed by atoms with Crippen LogP contribution >= 0.6 is 0 Å². The molecule has 0 spiro atoms. The van der Waals surface area contributed by atoms with Gasteiger partial charge in [0.15, 0.2) is 0 Å². The molecule has 0 fully saturated rings. The molecule has 2 aromatic rings. The van der Waals surface area contributed by atoms with Crippen LogP contribution in [0.15, 0.2) is 72.8 Å². The van der Waals surface area contributed by atoms with E-state index in [-0.39, 0.29) is 12.0 Å². The minimum Gasteiger partial charge on any atom is -0.271 e. The Hall–Kier alpha value is -1.90. The van der Waals surface area contributed by atoms with Gasteiger partial charge in [-0.05, 0) is 24.5 Å². The Morgan fingerprint density at radius 1 is 1.00 bits per heavy atom. The van der Waals surface area contributed by atoms with E-state index in [0.29, 0.717) is 0 Å². The van der Waals surface area contributed by atoms with E-state index in [4.69, 9.17) is 5.84 Å². The summed E-state index contributed by atoms with van der Waals surface area (Å²) in [4.78, 5) is 0. The van der Waals surface area contributed by atoms with Gasteiger partial charge in [0.05, 0.1) is 0 Å². The molecule has 2 rings (SSSR count). The molecule has 0 bridgehead atoms. The van der Waals surface area contributed by atoms with Crippen LogP contribution in [0.4, 0.5) is 0 Å². The number of nitrogens with two attached hydrogens (primary N) is 1. The zero-order chi connectivity index (χ0) is 14.4. The number of hydrogen-bond donors (Lipinski definition) is 2. The van der Waals surface area contributed by atoms with E-state index in [2.05, 4.69) is 60.5 Å². The number of hydrazine groups is 1. The van der Waals surface area contributed by atoms with Crippen molar-refractivity contribution in [2.24, 2.45) is 5.84 Å². The molecular weight excluding hydrogens is 244 g/mol. The number of rotatable bonds is 6. The lowest BCUT2D eigenvalue weighted by Gasteiger charge is -2.28. The number of nitrogens with one attached hydrogen (secondary N) is 1. The minimum atomic E-state index is 0.136. The van der Waals surface area contributed by atoms with Gasteiger partial charge in [0, 0.05) is 12.0 Å². The highest BCUT2D eigenvalue weighted by molar-refractivity contribution is 5.34. The largest absolute Gasteiger partial charge is 0.271 e. The molecule has 0 saturated carbocycles. The topological polar surface area (TPSA) is 38.0 Å². The van der Waals surface area contributed by atoms with E-state index in [1.165, 1.54) is 11.1 Å². The second-order valence-corrected chi connectivity index (χ2v) is 5.23. The van der Waals surface area contributed by atoms with Crippen molar-refractivity contribution in [1.82, 2.24) is 5.43 Å². The Kier molecular flexibility index (Phi) is 5.10. The number of benzene rings is 2. The van der Waals surface area contributed by atoms with Crippen LogP contribution in [0.5, 0.6) is 0 Å². The Bertz CT molecular complexity index is 494. The second kappa shape index (κ2) is 7.04. The van der Waals surface area contributed by atoms with Crippen LogP contribution in [-0.4, -0.2) is 6.04 Å². The van der Waals surface area contributed by atoms with Gasteiger partial charge in [0.2, 0.25) is 0 Å². The highest BCUT2D eigenvalue weighted by atomic mass is 15.2. The van der Waals surface area contributed by atoms with Crippen LogP contribution in [0, 0.1) is 0 Å². The minimum absolute atomic E-state index is 0.136. The van der Waals surface area contributed by atoms with E-state index in [1.807, 2.05) is 19.1 Å². The molecule has 2 heteroatoms. The van der Waals surface area contributed by atoms with Crippen molar-refractivity contribution < 1.29 is 0 Å². The molecule has 0 aliphatic carbocycles. The van der Waals surface area contributed by atoms with Crippen LogP contribution < -0.4 is 11.3 Å². The van der Waals surface area contributed by atoms with Gasteiger partial charge < -0.3 is 0 Å². The molecule has 2 aromatic carbocycles. The van der Waals surface area contributed by atoms with Crippen molar-refractivity contribution >= 4 is 0 Å². The van der Waals surface area contributed by atoms with Gasteiger partial charge in [0.25, 0.3) is 0 Å². The third-order valence-corrected chi connectivity index (χ3v) is 3.50. The van der Waals surface area contributed by atoms with E-state index in [0.717, 1.165) is 12.0 Å². The van der Waals surface area contributed by atoms with Crippen molar-refractivity contribution in [1.29, 1.82) is 0 Å². The molecule has 0 amide bonds. The molecule has 0 heterocycles. The third kappa shape index (κ3) is 3.56. The van der Waals surface area contributed by atoms with E-state index >= 15 is 0 Å². The molecule has 2 nitrogen and oxygen atoms in total. The van der Waals surface area contributed by atoms with Gasteiger partial charge in [-0.25, -0.2) is 0 Å². The van der Waals surface area contributed by atoms with Crippen molar-refractivity contribution in [2.75, 3.05) is 0 Å². The van der Waals surface area contributed by atoms with Gasteiger partial charge >= 0.3 is 0 Å². The van der Waals surface area contributed by atoms with Crippen LogP contribution in [0.3, 0.4) is 0 Å². The standard InChI is InChI=1S/C18H22N2/c1-14(2)13-17(20-19)18(15-9-5-3-6-10-15)16-11-7-4-8-12-16/h3-12,17-18,20H,1,13,19H2,2H3. The third-order valence-electron chi connectivity index (χ3n) is 3.50. The zero-order valence-corrected chi connectivity index (χ0v) is 11.9. The fraction of sp³-hybridized carbons (Fsp3) is 0.222. The first kappa shape index (κ1) is 14.5. The lowest BCUT2D eigenvalue weighted by atomic mass is 9.83. The summed E-state index contributed by atoms with van der Waals surface area (Å²) in [5, 5.41) is 0. The highest BCUT2D eigenvalue weighted by Gasteiger charge is 2.23. The van der Waals surface area contributed by atoms with Gasteiger partial charge in [0.1, 0.15) is 0 Å².